The van der Waals surface area contributed by atoms with Gasteiger partial charge in [-0.15, -0.1) is 11.3 Å². The van der Waals surface area contributed by atoms with Gasteiger partial charge in [-0.05, 0) is 74.7 Å². The van der Waals surface area contributed by atoms with Crippen LogP contribution in [-0.2, 0) is 10.0 Å². The van der Waals surface area contributed by atoms with E-state index in [1.165, 1.54) is 15.6 Å². The molecule has 0 saturated heterocycles. The molecule has 154 valence electrons. The van der Waals surface area contributed by atoms with E-state index in [0.717, 1.165) is 14.6 Å². The van der Waals surface area contributed by atoms with Crippen LogP contribution in [0.25, 0.3) is 10.1 Å². The minimum atomic E-state index is -3.68. The van der Waals surface area contributed by atoms with Crippen LogP contribution in [0.5, 0.6) is 0 Å². The van der Waals surface area contributed by atoms with Gasteiger partial charge in [-0.3, -0.25) is 9.10 Å². The molecule has 3 rings (SSSR count). The van der Waals surface area contributed by atoms with E-state index in [-0.39, 0.29) is 10.8 Å². The van der Waals surface area contributed by atoms with Crippen LogP contribution in [0.4, 0.5) is 5.69 Å². The molecule has 0 N–H and O–H groups in total. The zero-order valence-corrected chi connectivity index (χ0v) is 19.8. The first-order chi connectivity index (χ1) is 13.8. The molecule has 0 bridgehead atoms. The molecule has 2 aromatic carbocycles. The van der Waals surface area contributed by atoms with E-state index in [1.54, 1.807) is 35.2 Å². The van der Waals surface area contributed by atoms with Crippen LogP contribution < -0.4 is 4.31 Å². The van der Waals surface area contributed by atoms with Crippen molar-refractivity contribution in [2.24, 2.45) is 0 Å². The van der Waals surface area contributed by atoms with Gasteiger partial charge in [0.15, 0.2) is 0 Å². The molecule has 0 aliphatic heterocycles. The quantitative estimate of drug-likeness (QED) is 0.444. The maximum atomic E-state index is 13.1. The van der Waals surface area contributed by atoms with E-state index in [1.807, 2.05) is 39.0 Å². The third-order valence-corrected chi connectivity index (χ3v) is 8.29. The second-order valence-electron chi connectivity index (χ2n) is 6.43. The number of fused-ring (bicyclic) bond motifs is 1. The summed E-state index contributed by atoms with van der Waals surface area (Å²) in [7, 11) is -3.68. The summed E-state index contributed by atoms with van der Waals surface area (Å²) in [6.45, 7) is 7.34. The first-order valence-electron chi connectivity index (χ1n) is 9.43. The largest absolute Gasteiger partial charge is 0.339 e. The Morgan fingerprint density at radius 2 is 1.62 bits per heavy atom. The highest BCUT2D eigenvalue weighted by Gasteiger charge is 2.24. The summed E-state index contributed by atoms with van der Waals surface area (Å²) in [4.78, 5) is 15.3. The van der Waals surface area contributed by atoms with E-state index < -0.39 is 10.0 Å². The molecule has 0 unspecified atom stereocenters. The minimum Gasteiger partial charge on any atom is -0.339 e. The first-order valence-corrected chi connectivity index (χ1v) is 12.5. The second-order valence-corrected chi connectivity index (χ2v) is 10.3. The molecule has 29 heavy (non-hydrogen) atoms. The summed E-state index contributed by atoms with van der Waals surface area (Å²) >= 11 is 4.77. The fourth-order valence-electron chi connectivity index (χ4n) is 3.18. The number of rotatable bonds is 7. The molecule has 5 nitrogen and oxygen atoms in total. The second kappa shape index (κ2) is 8.85. The van der Waals surface area contributed by atoms with Crippen LogP contribution in [0.3, 0.4) is 0 Å². The van der Waals surface area contributed by atoms with Crippen molar-refractivity contribution in [2.75, 3.05) is 23.9 Å². The van der Waals surface area contributed by atoms with Crippen molar-refractivity contribution < 1.29 is 13.2 Å². The molecule has 1 aromatic heterocycles. The van der Waals surface area contributed by atoms with Gasteiger partial charge in [0.25, 0.3) is 15.9 Å². The SMILES string of the molecule is CCN(CC)C(=O)c1cc2cc(N(CC)S(=O)(=O)c3ccc(Br)cc3)ccc2s1. The van der Waals surface area contributed by atoms with Crippen LogP contribution in [0, 0.1) is 0 Å². The number of thiophene rings is 1. The zero-order chi connectivity index (χ0) is 21.2. The van der Waals surface area contributed by atoms with Crippen molar-refractivity contribution in [1.82, 2.24) is 4.90 Å². The number of carbonyl (C=O) groups excluding carboxylic acids is 1. The molecular formula is C21H23BrN2O3S2. The van der Waals surface area contributed by atoms with Crippen molar-refractivity contribution in [3.63, 3.8) is 0 Å². The van der Waals surface area contributed by atoms with Gasteiger partial charge >= 0.3 is 0 Å². The van der Waals surface area contributed by atoms with Gasteiger partial charge in [-0.25, -0.2) is 8.42 Å². The number of hydrogen-bond donors (Lipinski definition) is 0. The molecular weight excluding hydrogens is 472 g/mol. The molecule has 8 heteroatoms. The standard InChI is InChI=1S/C21H23BrN2O3S2/c1-4-23(5-2)21(25)20-14-15-13-17(9-12-19(15)28-20)24(6-3)29(26,27)18-10-7-16(22)8-11-18/h7-14H,4-6H2,1-3H3. The number of benzene rings is 2. The molecule has 3 aromatic rings. The Labute approximate surface area is 184 Å². The number of hydrogen-bond acceptors (Lipinski definition) is 4. The average Bonchev–Trinajstić information content (AvgIpc) is 3.13. The molecule has 0 radical (unpaired) electrons. The molecule has 1 heterocycles. The Kier molecular flexibility index (Phi) is 6.65. The van der Waals surface area contributed by atoms with E-state index in [0.29, 0.717) is 30.2 Å². The Bertz CT molecular complexity index is 1120. The number of nitrogens with zero attached hydrogens (tertiary/aromatic N) is 2. The molecule has 0 aliphatic carbocycles. The molecule has 0 aliphatic rings. The van der Waals surface area contributed by atoms with Crippen LogP contribution >= 0.6 is 27.3 Å². The average molecular weight is 495 g/mol. The van der Waals surface area contributed by atoms with Gasteiger partial charge in [-0.2, -0.15) is 0 Å². The van der Waals surface area contributed by atoms with E-state index >= 15 is 0 Å². The van der Waals surface area contributed by atoms with Gasteiger partial charge in [0.2, 0.25) is 0 Å². The molecule has 0 saturated carbocycles. The molecule has 1 amide bonds. The van der Waals surface area contributed by atoms with Crippen molar-refractivity contribution in [3.05, 3.63) is 57.9 Å². The molecule has 0 atom stereocenters. The van der Waals surface area contributed by atoms with E-state index in [9.17, 15) is 13.2 Å². The van der Waals surface area contributed by atoms with Crippen molar-refractivity contribution in [2.45, 2.75) is 25.7 Å². The summed E-state index contributed by atoms with van der Waals surface area (Å²) < 4.78 is 29.5. The fourth-order valence-corrected chi connectivity index (χ4v) is 5.92. The fraction of sp³-hybridized carbons (Fsp3) is 0.286. The number of halogens is 1. The summed E-state index contributed by atoms with van der Waals surface area (Å²) in [5.74, 6) is 0.00702. The van der Waals surface area contributed by atoms with Crippen molar-refractivity contribution in [1.29, 1.82) is 0 Å². The Morgan fingerprint density at radius 3 is 2.21 bits per heavy atom. The monoisotopic (exact) mass is 494 g/mol. The topological polar surface area (TPSA) is 57.7 Å². The zero-order valence-electron chi connectivity index (χ0n) is 16.6. The van der Waals surface area contributed by atoms with Crippen LogP contribution in [-0.4, -0.2) is 38.9 Å². The lowest BCUT2D eigenvalue weighted by atomic mass is 10.2. The summed E-state index contributed by atoms with van der Waals surface area (Å²) in [5, 5.41) is 0.868. The van der Waals surface area contributed by atoms with Gasteiger partial charge in [0, 0.05) is 28.8 Å². The number of carbonyl (C=O) groups is 1. The third kappa shape index (κ3) is 4.34. The third-order valence-electron chi connectivity index (χ3n) is 4.74. The van der Waals surface area contributed by atoms with Gasteiger partial charge < -0.3 is 4.90 Å². The summed E-state index contributed by atoms with van der Waals surface area (Å²) in [6, 6.07) is 14.0. The summed E-state index contributed by atoms with van der Waals surface area (Å²) in [6.07, 6.45) is 0. The predicted molar refractivity (Wildman–Crippen MR) is 123 cm³/mol. The highest BCUT2D eigenvalue weighted by Crippen LogP contribution is 2.32. The van der Waals surface area contributed by atoms with Crippen LogP contribution in [0.1, 0.15) is 30.4 Å². The predicted octanol–water partition coefficient (Wildman–Crippen LogP) is 5.36. The highest BCUT2D eigenvalue weighted by atomic mass is 79.9. The molecule has 0 fully saturated rings. The van der Waals surface area contributed by atoms with Gasteiger partial charge in [0.05, 0.1) is 15.5 Å². The Morgan fingerprint density at radius 1 is 0.966 bits per heavy atom. The van der Waals surface area contributed by atoms with Crippen molar-refractivity contribution in [3.8, 4) is 0 Å². The first kappa shape index (κ1) is 21.8. The summed E-state index contributed by atoms with van der Waals surface area (Å²) in [5.41, 5.74) is 0.586. The lowest BCUT2D eigenvalue weighted by molar-refractivity contribution is 0.0778. The Hall–Kier alpha value is -1.90. The number of sulfonamides is 1. The lowest BCUT2D eigenvalue weighted by Gasteiger charge is -2.23. The smallest absolute Gasteiger partial charge is 0.264 e. The van der Waals surface area contributed by atoms with Gasteiger partial charge in [0.1, 0.15) is 0 Å². The normalized spacial score (nSPS) is 11.6. The van der Waals surface area contributed by atoms with Crippen molar-refractivity contribution >= 4 is 59.0 Å². The molecule has 0 spiro atoms. The van der Waals surface area contributed by atoms with E-state index in [4.69, 9.17) is 0 Å². The maximum Gasteiger partial charge on any atom is 0.264 e. The number of anilines is 1. The minimum absolute atomic E-state index is 0.00702. The Balaban J connectivity index is 2.00. The number of amides is 1. The van der Waals surface area contributed by atoms with Gasteiger partial charge in [-0.1, -0.05) is 15.9 Å². The van der Waals surface area contributed by atoms with Crippen LogP contribution in [0.15, 0.2) is 57.9 Å². The van der Waals surface area contributed by atoms with E-state index in [2.05, 4.69) is 15.9 Å². The maximum absolute atomic E-state index is 13.1. The van der Waals surface area contributed by atoms with Crippen LogP contribution in [0.2, 0.25) is 0 Å². The lowest BCUT2D eigenvalue weighted by Crippen LogP contribution is -2.30. The highest BCUT2D eigenvalue weighted by molar-refractivity contribution is 9.10.